The summed E-state index contributed by atoms with van der Waals surface area (Å²) in [4.78, 5) is 0. The number of aromatic nitrogens is 4. The Morgan fingerprint density at radius 3 is 3.06 bits per heavy atom. The monoisotopic (exact) mass is 228 g/mol. The van der Waals surface area contributed by atoms with Crippen molar-refractivity contribution < 1.29 is 4.74 Å². The Labute approximate surface area is 98.4 Å². The van der Waals surface area contributed by atoms with Crippen molar-refractivity contribution in [3.05, 3.63) is 34.6 Å². The Morgan fingerprint density at radius 1 is 1.35 bits per heavy atom. The maximum absolute atomic E-state index is 5.37. The summed E-state index contributed by atoms with van der Waals surface area (Å²) in [5, 5.41) is 11.8. The SMILES string of the molecule is Cc1c(C2CO2)ccc2c1CCc1nnnn1-2. The fraction of sp³-hybridized carbons (Fsp3) is 0.417. The molecule has 1 fully saturated rings. The van der Waals surface area contributed by atoms with E-state index < -0.39 is 0 Å². The van der Waals surface area contributed by atoms with Gasteiger partial charge in [0.1, 0.15) is 6.10 Å². The van der Waals surface area contributed by atoms with Crippen LogP contribution < -0.4 is 0 Å². The van der Waals surface area contributed by atoms with Crippen LogP contribution in [0.25, 0.3) is 5.69 Å². The second-order valence-electron chi connectivity index (χ2n) is 4.61. The van der Waals surface area contributed by atoms with E-state index in [4.69, 9.17) is 4.74 Å². The van der Waals surface area contributed by atoms with Gasteiger partial charge in [-0.1, -0.05) is 6.07 Å². The summed E-state index contributed by atoms with van der Waals surface area (Å²) in [6, 6.07) is 4.25. The lowest BCUT2D eigenvalue weighted by atomic mass is 9.93. The van der Waals surface area contributed by atoms with Crippen molar-refractivity contribution in [3.63, 3.8) is 0 Å². The van der Waals surface area contributed by atoms with Gasteiger partial charge in [0.05, 0.1) is 12.3 Å². The summed E-state index contributed by atoms with van der Waals surface area (Å²) in [6.07, 6.45) is 2.24. The molecule has 0 radical (unpaired) electrons. The van der Waals surface area contributed by atoms with Crippen LogP contribution in [-0.4, -0.2) is 26.8 Å². The van der Waals surface area contributed by atoms with Crippen LogP contribution in [0.4, 0.5) is 0 Å². The summed E-state index contributed by atoms with van der Waals surface area (Å²) in [6.45, 7) is 3.03. The van der Waals surface area contributed by atoms with Crippen LogP contribution >= 0.6 is 0 Å². The molecular weight excluding hydrogens is 216 g/mol. The molecule has 17 heavy (non-hydrogen) atoms. The first kappa shape index (κ1) is 9.30. The number of fused-ring (bicyclic) bond motifs is 3. The smallest absolute Gasteiger partial charge is 0.157 e. The van der Waals surface area contributed by atoms with Crippen molar-refractivity contribution in [3.8, 4) is 5.69 Å². The number of rotatable bonds is 1. The van der Waals surface area contributed by atoms with Crippen molar-refractivity contribution in [2.45, 2.75) is 25.9 Å². The van der Waals surface area contributed by atoms with Crippen LogP contribution in [0, 0.1) is 6.92 Å². The predicted molar refractivity (Wildman–Crippen MR) is 60.0 cm³/mol. The lowest BCUT2D eigenvalue weighted by Gasteiger charge is -2.19. The van der Waals surface area contributed by atoms with Gasteiger partial charge in [0, 0.05) is 6.42 Å². The Balaban J connectivity index is 1.93. The van der Waals surface area contributed by atoms with E-state index in [2.05, 4.69) is 34.6 Å². The van der Waals surface area contributed by atoms with Crippen LogP contribution in [0.15, 0.2) is 12.1 Å². The van der Waals surface area contributed by atoms with Crippen molar-refractivity contribution in [1.82, 2.24) is 20.2 Å². The third-order valence-electron chi connectivity index (χ3n) is 3.66. The van der Waals surface area contributed by atoms with Gasteiger partial charge in [0.15, 0.2) is 5.82 Å². The molecule has 2 aliphatic heterocycles. The van der Waals surface area contributed by atoms with Gasteiger partial charge in [0.25, 0.3) is 0 Å². The molecule has 0 amide bonds. The quantitative estimate of drug-likeness (QED) is 0.687. The second kappa shape index (κ2) is 3.13. The van der Waals surface area contributed by atoms with Crippen molar-refractivity contribution in [2.24, 2.45) is 0 Å². The lowest BCUT2D eigenvalue weighted by molar-refractivity contribution is 0.414. The number of epoxide rings is 1. The summed E-state index contributed by atoms with van der Waals surface area (Å²) in [7, 11) is 0. The molecule has 2 aliphatic rings. The molecule has 0 spiro atoms. The molecule has 5 heteroatoms. The van der Waals surface area contributed by atoms with E-state index in [0.717, 1.165) is 31.0 Å². The van der Waals surface area contributed by atoms with Crippen molar-refractivity contribution in [2.75, 3.05) is 6.61 Å². The number of tetrazole rings is 1. The highest BCUT2D eigenvalue weighted by Gasteiger charge is 2.29. The first-order valence-electron chi connectivity index (χ1n) is 5.86. The molecular formula is C12H12N4O. The molecule has 1 saturated heterocycles. The van der Waals surface area contributed by atoms with Crippen LogP contribution in [0.5, 0.6) is 0 Å². The van der Waals surface area contributed by atoms with Crippen LogP contribution in [0.3, 0.4) is 0 Å². The van der Waals surface area contributed by atoms with Gasteiger partial charge in [-0.2, -0.15) is 4.68 Å². The molecule has 0 bridgehead atoms. The Kier molecular flexibility index (Phi) is 1.71. The molecule has 1 atom stereocenters. The van der Waals surface area contributed by atoms with E-state index in [1.54, 1.807) is 0 Å². The molecule has 0 saturated carbocycles. The third kappa shape index (κ3) is 1.26. The van der Waals surface area contributed by atoms with Crippen LogP contribution in [0.2, 0.25) is 0 Å². The summed E-state index contributed by atoms with van der Waals surface area (Å²) in [5.41, 5.74) is 5.14. The van der Waals surface area contributed by atoms with Crippen molar-refractivity contribution >= 4 is 0 Å². The first-order chi connectivity index (χ1) is 8.34. The summed E-state index contributed by atoms with van der Waals surface area (Å²) in [5.74, 6) is 0.951. The number of aryl methyl sites for hydroxylation is 1. The number of hydrogen-bond acceptors (Lipinski definition) is 4. The molecule has 3 heterocycles. The maximum atomic E-state index is 5.37. The van der Waals surface area contributed by atoms with Gasteiger partial charge in [0.2, 0.25) is 0 Å². The van der Waals surface area contributed by atoms with Gasteiger partial charge in [-0.15, -0.1) is 5.10 Å². The summed E-state index contributed by atoms with van der Waals surface area (Å²) >= 11 is 0. The molecule has 86 valence electrons. The molecule has 4 rings (SSSR count). The fourth-order valence-corrected chi connectivity index (χ4v) is 2.64. The third-order valence-corrected chi connectivity index (χ3v) is 3.66. The number of hydrogen-bond donors (Lipinski definition) is 0. The fourth-order valence-electron chi connectivity index (χ4n) is 2.64. The molecule has 1 aromatic heterocycles. The minimum atomic E-state index is 0.315. The van der Waals surface area contributed by atoms with E-state index in [9.17, 15) is 0 Å². The highest BCUT2D eigenvalue weighted by atomic mass is 16.6. The Morgan fingerprint density at radius 2 is 2.24 bits per heavy atom. The second-order valence-corrected chi connectivity index (χ2v) is 4.61. The zero-order valence-corrected chi connectivity index (χ0v) is 9.55. The predicted octanol–water partition coefficient (Wildman–Crippen LogP) is 1.14. The molecule has 2 aromatic rings. The van der Waals surface area contributed by atoms with Crippen LogP contribution in [-0.2, 0) is 17.6 Å². The highest BCUT2D eigenvalue weighted by molar-refractivity contribution is 5.52. The molecule has 0 aliphatic carbocycles. The Bertz CT molecular complexity index is 601. The number of benzene rings is 1. The van der Waals surface area contributed by atoms with E-state index in [1.165, 1.54) is 16.7 Å². The maximum Gasteiger partial charge on any atom is 0.157 e. The average Bonchev–Trinajstić information content (AvgIpc) is 3.06. The summed E-state index contributed by atoms with van der Waals surface area (Å²) < 4.78 is 7.22. The average molecular weight is 228 g/mol. The van der Waals surface area contributed by atoms with E-state index in [0.29, 0.717) is 6.10 Å². The molecule has 1 unspecified atom stereocenters. The van der Waals surface area contributed by atoms with Gasteiger partial charge in [-0.3, -0.25) is 0 Å². The lowest BCUT2D eigenvalue weighted by Crippen LogP contribution is -2.15. The zero-order chi connectivity index (χ0) is 11.4. The van der Waals surface area contributed by atoms with E-state index >= 15 is 0 Å². The van der Waals surface area contributed by atoms with Gasteiger partial charge in [-0.25, -0.2) is 0 Å². The highest BCUT2D eigenvalue weighted by Crippen LogP contribution is 2.36. The largest absolute Gasteiger partial charge is 0.368 e. The molecule has 5 nitrogen and oxygen atoms in total. The topological polar surface area (TPSA) is 56.1 Å². The van der Waals surface area contributed by atoms with E-state index in [-0.39, 0.29) is 0 Å². The molecule has 0 N–H and O–H groups in total. The van der Waals surface area contributed by atoms with Crippen molar-refractivity contribution in [1.29, 1.82) is 0 Å². The van der Waals surface area contributed by atoms with Gasteiger partial charge in [-0.05, 0) is 46.5 Å². The first-order valence-corrected chi connectivity index (χ1v) is 5.86. The van der Waals surface area contributed by atoms with Gasteiger partial charge < -0.3 is 4.74 Å². The van der Waals surface area contributed by atoms with Crippen LogP contribution in [0.1, 0.15) is 28.6 Å². The Hall–Kier alpha value is -1.75. The number of ether oxygens (including phenoxy) is 1. The van der Waals surface area contributed by atoms with Gasteiger partial charge >= 0.3 is 0 Å². The standard InChI is InChI=1S/C12H12N4O/c1-7-8-3-5-12-13-14-15-16(12)10(8)4-2-9(7)11-6-17-11/h2,4,11H,3,5-6H2,1H3. The van der Waals surface area contributed by atoms with E-state index in [1.807, 2.05) is 4.68 Å². The molecule has 1 aromatic carbocycles. The minimum absolute atomic E-state index is 0.315. The normalized spacial score (nSPS) is 20.9. The minimum Gasteiger partial charge on any atom is -0.368 e. The number of nitrogens with zero attached hydrogens (tertiary/aromatic N) is 4. The zero-order valence-electron chi connectivity index (χ0n) is 9.55.